The molecule has 0 unspecified atom stereocenters. The third kappa shape index (κ3) is 3.42. The quantitative estimate of drug-likeness (QED) is 0.305. The summed E-state index contributed by atoms with van der Waals surface area (Å²) in [6.45, 7) is 0. The Morgan fingerprint density at radius 1 is 0.643 bits per heavy atom. The minimum atomic E-state index is 1.07. The number of hydrogen-bond acceptors (Lipinski definition) is 3. The number of para-hydroxylation sites is 1. The molecule has 3 heteroatoms. The second-order valence-corrected chi connectivity index (χ2v) is 8.62. The topological polar surface area (TPSA) is 12.9 Å². The van der Waals surface area contributed by atoms with Gasteiger partial charge in [-0.15, -0.1) is 22.7 Å². The molecular weight excluding hydrogens is 378 g/mol. The van der Waals surface area contributed by atoms with Crippen molar-refractivity contribution >= 4 is 44.5 Å². The highest BCUT2D eigenvalue weighted by Gasteiger charge is 2.10. The number of aromatic nitrogens is 1. The van der Waals surface area contributed by atoms with Crippen LogP contribution < -0.4 is 0 Å². The lowest BCUT2D eigenvalue weighted by molar-refractivity contribution is 1.50. The van der Waals surface area contributed by atoms with Crippen LogP contribution in [-0.4, -0.2) is 4.98 Å². The van der Waals surface area contributed by atoms with Crippen LogP contribution in [0.1, 0.15) is 16.0 Å². The molecular formula is C25H17NS2. The molecule has 3 aromatic carbocycles. The molecule has 0 radical (unpaired) electrons. The van der Waals surface area contributed by atoms with Crippen LogP contribution >= 0.6 is 22.7 Å². The average molecular weight is 396 g/mol. The second-order valence-electron chi connectivity index (χ2n) is 6.48. The zero-order valence-corrected chi connectivity index (χ0v) is 16.7. The second kappa shape index (κ2) is 7.55. The van der Waals surface area contributed by atoms with E-state index in [2.05, 4.69) is 97.1 Å². The normalized spacial score (nSPS) is 10.9. The standard InChI is InChI=1S/C25H17NS2/c1-3-9-18(10-4-1)21(19-11-5-2-6-12-19)17-20-15-16-24(27-20)25-26-22-13-7-8-14-23(22)28-25/h1-17H. The molecule has 0 spiro atoms. The molecule has 0 aliphatic rings. The molecule has 2 aromatic heterocycles. The minimum absolute atomic E-state index is 1.07. The van der Waals surface area contributed by atoms with Crippen LogP contribution in [0, 0.1) is 0 Å². The van der Waals surface area contributed by atoms with Gasteiger partial charge in [-0.05, 0) is 47.0 Å². The predicted molar refractivity (Wildman–Crippen MR) is 123 cm³/mol. The van der Waals surface area contributed by atoms with E-state index in [4.69, 9.17) is 4.98 Å². The van der Waals surface area contributed by atoms with Crippen molar-refractivity contribution in [3.8, 4) is 9.88 Å². The Morgan fingerprint density at radius 2 is 1.29 bits per heavy atom. The molecule has 5 rings (SSSR count). The molecule has 2 heterocycles. The van der Waals surface area contributed by atoms with Crippen LogP contribution in [0.5, 0.6) is 0 Å². The van der Waals surface area contributed by atoms with E-state index in [9.17, 15) is 0 Å². The van der Waals surface area contributed by atoms with E-state index in [1.54, 1.807) is 22.7 Å². The summed E-state index contributed by atoms with van der Waals surface area (Å²) < 4.78 is 1.23. The summed E-state index contributed by atoms with van der Waals surface area (Å²) >= 11 is 3.54. The van der Waals surface area contributed by atoms with Crippen LogP contribution in [-0.2, 0) is 0 Å². The third-order valence-corrected chi connectivity index (χ3v) is 6.83. The van der Waals surface area contributed by atoms with E-state index >= 15 is 0 Å². The van der Waals surface area contributed by atoms with Crippen molar-refractivity contribution in [2.75, 3.05) is 0 Å². The van der Waals surface area contributed by atoms with Gasteiger partial charge in [0.2, 0.25) is 0 Å². The van der Waals surface area contributed by atoms with Crippen molar-refractivity contribution < 1.29 is 0 Å². The molecule has 0 atom stereocenters. The summed E-state index contributed by atoms with van der Waals surface area (Å²) in [5.41, 5.74) is 4.76. The Bertz CT molecular complexity index is 1170. The molecule has 0 bridgehead atoms. The van der Waals surface area contributed by atoms with E-state index in [0.29, 0.717) is 0 Å². The highest BCUT2D eigenvalue weighted by Crippen LogP contribution is 2.36. The minimum Gasteiger partial charge on any atom is -0.235 e. The lowest BCUT2D eigenvalue weighted by Gasteiger charge is -2.08. The Hall–Kier alpha value is -3.01. The van der Waals surface area contributed by atoms with Crippen LogP contribution in [0.4, 0.5) is 0 Å². The van der Waals surface area contributed by atoms with Gasteiger partial charge in [-0.2, -0.15) is 0 Å². The van der Waals surface area contributed by atoms with Crippen molar-refractivity contribution in [1.82, 2.24) is 4.98 Å². The van der Waals surface area contributed by atoms with Gasteiger partial charge in [-0.1, -0.05) is 72.8 Å². The van der Waals surface area contributed by atoms with Crippen molar-refractivity contribution in [1.29, 1.82) is 0 Å². The van der Waals surface area contributed by atoms with E-state index in [1.165, 1.54) is 31.2 Å². The van der Waals surface area contributed by atoms with Crippen LogP contribution in [0.3, 0.4) is 0 Å². The van der Waals surface area contributed by atoms with Gasteiger partial charge in [-0.3, -0.25) is 0 Å². The zero-order valence-electron chi connectivity index (χ0n) is 15.1. The number of fused-ring (bicyclic) bond motifs is 1. The van der Waals surface area contributed by atoms with E-state index < -0.39 is 0 Å². The fourth-order valence-corrected chi connectivity index (χ4v) is 5.21. The van der Waals surface area contributed by atoms with E-state index in [-0.39, 0.29) is 0 Å². The summed E-state index contributed by atoms with van der Waals surface area (Å²) in [6.07, 6.45) is 2.28. The first-order chi connectivity index (χ1) is 13.9. The molecule has 28 heavy (non-hydrogen) atoms. The highest BCUT2D eigenvalue weighted by atomic mass is 32.1. The maximum atomic E-state index is 4.80. The Labute approximate surface area is 172 Å². The molecule has 1 nitrogen and oxygen atoms in total. The van der Waals surface area contributed by atoms with Gasteiger partial charge in [0, 0.05) is 4.88 Å². The van der Waals surface area contributed by atoms with Crippen molar-refractivity contribution in [2.24, 2.45) is 0 Å². The molecule has 5 aromatic rings. The number of rotatable bonds is 4. The number of nitrogens with zero attached hydrogens (tertiary/aromatic N) is 1. The molecule has 0 N–H and O–H groups in total. The lowest BCUT2D eigenvalue weighted by Crippen LogP contribution is -1.86. The van der Waals surface area contributed by atoms with Crippen LogP contribution in [0.25, 0.3) is 31.8 Å². The Morgan fingerprint density at radius 3 is 1.96 bits per heavy atom. The van der Waals surface area contributed by atoms with E-state index in [0.717, 1.165) is 10.5 Å². The summed E-state index contributed by atoms with van der Waals surface area (Å²) in [7, 11) is 0. The number of thiazole rings is 1. The van der Waals surface area contributed by atoms with Gasteiger partial charge in [0.05, 0.1) is 15.1 Å². The molecule has 0 fully saturated rings. The van der Waals surface area contributed by atoms with Crippen LogP contribution in [0.15, 0.2) is 97.1 Å². The summed E-state index contributed by atoms with van der Waals surface area (Å²) in [4.78, 5) is 7.25. The maximum Gasteiger partial charge on any atom is 0.134 e. The van der Waals surface area contributed by atoms with Crippen molar-refractivity contribution in [3.05, 3.63) is 113 Å². The fourth-order valence-electron chi connectivity index (χ4n) is 3.23. The largest absolute Gasteiger partial charge is 0.235 e. The van der Waals surface area contributed by atoms with E-state index in [1.807, 2.05) is 6.07 Å². The van der Waals surface area contributed by atoms with Crippen LogP contribution in [0.2, 0.25) is 0 Å². The lowest BCUT2D eigenvalue weighted by atomic mass is 9.97. The van der Waals surface area contributed by atoms with Crippen molar-refractivity contribution in [2.45, 2.75) is 0 Å². The number of benzene rings is 3. The molecule has 0 aliphatic carbocycles. The van der Waals surface area contributed by atoms with Gasteiger partial charge < -0.3 is 0 Å². The van der Waals surface area contributed by atoms with Gasteiger partial charge in [0.25, 0.3) is 0 Å². The predicted octanol–water partition coefficient (Wildman–Crippen LogP) is 7.61. The first-order valence-electron chi connectivity index (χ1n) is 9.15. The summed E-state index contributed by atoms with van der Waals surface area (Å²) in [5, 5.41) is 1.09. The first-order valence-corrected chi connectivity index (χ1v) is 10.8. The van der Waals surface area contributed by atoms with Gasteiger partial charge in [0.15, 0.2) is 0 Å². The maximum absolute atomic E-state index is 4.80. The van der Waals surface area contributed by atoms with Gasteiger partial charge in [0.1, 0.15) is 5.01 Å². The molecule has 0 saturated carbocycles. The SMILES string of the molecule is C(=C(c1ccccc1)c1ccccc1)c1ccc(-c2nc3ccccc3s2)s1. The summed E-state index contributed by atoms with van der Waals surface area (Å²) in [5.74, 6) is 0. The Balaban J connectivity index is 1.56. The average Bonchev–Trinajstić information content (AvgIpc) is 3.40. The summed E-state index contributed by atoms with van der Waals surface area (Å²) in [6, 6.07) is 33.8. The smallest absolute Gasteiger partial charge is 0.134 e. The molecule has 0 amide bonds. The molecule has 0 aliphatic heterocycles. The highest BCUT2D eigenvalue weighted by molar-refractivity contribution is 7.25. The van der Waals surface area contributed by atoms with Gasteiger partial charge >= 0.3 is 0 Å². The monoisotopic (exact) mass is 395 g/mol. The Kier molecular flexibility index (Phi) is 4.61. The zero-order chi connectivity index (χ0) is 18.8. The number of hydrogen-bond donors (Lipinski definition) is 0. The third-order valence-electron chi connectivity index (χ3n) is 4.59. The first kappa shape index (κ1) is 17.1. The fraction of sp³-hybridized carbons (Fsp3) is 0. The van der Waals surface area contributed by atoms with Crippen molar-refractivity contribution in [3.63, 3.8) is 0 Å². The van der Waals surface area contributed by atoms with Gasteiger partial charge in [-0.25, -0.2) is 4.98 Å². The molecule has 0 saturated heterocycles. The number of thiophene rings is 1. The molecule has 134 valence electrons.